The zero-order valence-corrected chi connectivity index (χ0v) is 31.1. The standard InChI is InChI=1S/C48H29N5.Pt/c1-2-12-31(13-3-1)32-23-26-34(27-24-32)52-43-21-11-16-35(47(43)51-48(52)40-18-10-17-39-36-14-4-6-19-41(36)50-46(39)40)33-25-28-38-37-15-5-7-20-42(37)53(44(38)30-33)45-22-8-9-29-49-45;/h1-29H;/q-2;+2. The van der Waals surface area contributed by atoms with Gasteiger partial charge in [-0.15, -0.1) is 34.8 Å². The summed E-state index contributed by atoms with van der Waals surface area (Å²) in [6.45, 7) is 0. The average Bonchev–Trinajstić information content (AvgIpc) is 3.91. The normalized spacial score (nSPS) is 11.6. The zero-order chi connectivity index (χ0) is 34.9. The Labute approximate surface area is 325 Å². The summed E-state index contributed by atoms with van der Waals surface area (Å²) < 4.78 is 4.49. The van der Waals surface area contributed by atoms with Crippen molar-refractivity contribution in [3.05, 3.63) is 182 Å². The van der Waals surface area contributed by atoms with Crippen molar-refractivity contribution in [3.8, 4) is 45.1 Å². The molecule has 4 heterocycles. The minimum atomic E-state index is 0. The maximum Gasteiger partial charge on any atom is 2.00 e. The summed E-state index contributed by atoms with van der Waals surface area (Å²) >= 11 is 0. The van der Waals surface area contributed by atoms with E-state index >= 15 is 0 Å². The second-order valence-corrected chi connectivity index (χ2v) is 13.4. The van der Waals surface area contributed by atoms with Gasteiger partial charge in [0.1, 0.15) is 11.6 Å². The van der Waals surface area contributed by atoms with Gasteiger partial charge < -0.3 is 9.55 Å². The Morgan fingerprint density at radius 1 is 0.500 bits per heavy atom. The van der Waals surface area contributed by atoms with E-state index in [0.717, 1.165) is 83.3 Å². The minimum Gasteiger partial charge on any atom is -0.656 e. The molecule has 0 atom stereocenters. The van der Waals surface area contributed by atoms with Gasteiger partial charge >= 0.3 is 21.1 Å². The first kappa shape index (κ1) is 32.1. The van der Waals surface area contributed by atoms with Crippen LogP contribution in [0, 0.1) is 6.07 Å². The molecule has 7 aromatic carbocycles. The van der Waals surface area contributed by atoms with Gasteiger partial charge in [0.15, 0.2) is 0 Å². The van der Waals surface area contributed by atoms with E-state index in [2.05, 4.69) is 155 Å². The van der Waals surface area contributed by atoms with Crippen molar-refractivity contribution in [2.75, 3.05) is 0 Å². The van der Waals surface area contributed by atoms with E-state index in [-0.39, 0.29) is 21.1 Å². The molecule has 0 unspecified atom stereocenters. The van der Waals surface area contributed by atoms with Gasteiger partial charge in [-0.1, -0.05) is 132 Å². The fourth-order valence-electron chi connectivity index (χ4n) is 7.95. The van der Waals surface area contributed by atoms with Gasteiger partial charge in [0.25, 0.3) is 0 Å². The van der Waals surface area contributed by atoms with Gasteiger partial charge in [0.05, 0.1) is 11.0 Å². The Hall–Kier alpha value is -6.55. The molecule has 0 fully saturated rings. The van der Waals surface area contributed by atoms with Gasteiger partial charge in [-0.05, 0) is 69.2 Å². The quantitative estimate of drug-likeness (QED) is 0.162. The monoisotopic (exact) mass is 870 g/mol. The Bertz CT molecular complexity index is 3160. The maximum absolute atomic E-state index is 5.52. The number of rotatable bonds is 5. The van der Waals surface area contributed by atoms with Crippen LogP contribution in [0.5, 0.6) is 0 Å². The van der Waals surface area contributed by atoms with Gasteiger partial charge in [-0.3, -0.25) is 4.57 Å². The van der Waals surface area contributed by atoms with Crippen molar-refractivity contribution in [1.29, 1.82) is 0 Å². The number of hydrogen-bond acceptors (Lipinski definition) is 2. The smallest absolute Gasteiger partial charge is 0.656 e. The fourth-order valence-corrected chi connectivity index (χ4v) is 7.95. The molecular formula is C48H29N5Pt. The van der Waals surface area contributed by atoms with Gasteiger partial charge in [0, 0.05) is 23.0 Å². The van der Waals surface area contributed by atoms with E-state index in [4.69, 9.17) is 15.0 Å². The second-order valence-electron chi connectivity index (χ2n) is 13.4. The number of fused-ring (bicyclic) bond motifs is 7. The van der Waals surface area contributed by atoms with Crippen LogP contribution in [0.4, 0.5) is 0 Å². The molecule has 11 aromatic rings. The third kappa shape index (κ3) is 4.97. The summed E-state index contributed by atoms with van der Waals surface area (Å²) in [6.07, 6.45) is 1.84. The van der Waals surface area contributed by atoms with E-state index in [1.54, 1.807) is 0 Å². The SMILES string of the molecule is [Pt+2].[c-]1c(-c2cccc3c2nc(-c2cccc4c2[n-]c2ccccc24)n3-c2ccc(-c3ccccc3)cc2)ccc2c3ccccc3n(-c3ccccn3)c12. The molecule has 0 bridgehead atoms. The van der Waals surface area contributed by atoms with Crippen molar-refractivity contribution in [1.82, 2.24) is 24.1 Å². The van der Waals surface area contributed by atoms with Crippen molar-refractivity contribution in [2.24, 2.45) is 0 Å². The van der Waals surface area contributed by atoms with Crippen molar-refractivity contribution >= 4 is 54.6 Å². The molecule has 6 heteroatoms. The maximum atomic E-state index is 5.52. The Morgan fingerprint density at radius 2 is 1.20 bits per heavy atom. The summed E-state index contributed by atoms with van der Waals surface area (Å²) in [7, 11) is 0. The van der Waals surface area contributed by atoms with Crippen molar-refractivity contribution in [2.45, 2.75) is 0 Å². The molecule has 0 spiro atoms. The number of aromatic nitrogens is 5. The third-order valence-corrected chi connectivity index (χ3v) is 10.4. The molecular weight excluding hydrogens is 842 g/mol. The molecule has 0 saturated carbocycles. The van der Waals surface area contributed by atoms with Gasteiger partial charge in [-0.25, -0.2) is 9.97 Å². The average molecular weight is 871 g/mol. The van der Waals surface area contributed by atoms with Crippen LogP contribution < -0.4 is 4.98 Å². The number of imidazole rings is 1. The summed E-state index contributed by atoms with van der Waals surface area (Å²) in [6, 6.07) is 63.2. The molecule has 0 saturated heterocycles. The Balaban J connectivity index is 0.00000361. The molecule has 4 aromatic heterocycles. The van der Waals surface area contributed by atoms with Crippen LogP contribution in [-0.4, -0.2) is 19.1 Å². The topological polar surface area (TPSA) is 49.7 Å². The molecule has 0 radical (unpaired) electrons. The minimum absolute atomic E-state index is 0. The summed E-state index contributed by atoms with van der Waals surface area (Å²) in [5.41, 5.74) is 12.3. The first-order chi connectivity index (χ1) is 26.3. The molecule has 11 rings (SSSR count). The molecule has 256 valence electrons. The first-order valence-corrected chi connectivity index (χ1v) is 17.8. The number of nitrogens with zero attached hydrogens (tertiary/aromatic N) is 5. The number of pyridine rings is 1. The molecule has 0 N–H and O–H groups in total. The third-order valence-electron chi connectivity index (χ3n) is 10.4. The van der Waals surface area contributed by atoms with Gasteiger partial charge in [0.2, 0.25) is 0 Å². The molecule has 0 aliphatic heterocycles. The molecule has 5 nitrogen and oxygen atoms in total. The van der Waals surface area contributed by atoms with Crippen LogP contribution >= 0.6 is 0 Å². The van der Waals surface area contributed by atoms with Gasteiger partial charge in [-0.2, -0.15) is 0 Å². The molecule has 0 amide bonds. The van der Waals surface area contributed by atoms with Crippen LogP contribution in [0.1, 0.15) is 0 Å². The number of para-hydroxylation sites is 4. The summed E-state index contributed by atoms with van der Waals surface area (Å²) in [5.74, 6) is 1.70. The fraction of sp³-hybridized carbons (Fsp3) is 0. The predicted molar refractivity (Wildman–Crippen MR) is 217 cm³/mol. The second kappa shape index (κ2) is 12.8. The Morgan fingerprint density at radius 3 is 2.06 bits per heavy atom. The van der Waals surface area contributed by atoms with Crippen LogP contribution in [0.15, 0.2) is 176 Å². The largest absolute Gasteiger partial charge is 2.00 e. The van der Waals surface area contributed by atoms with E-state index in [1.807, 2.05) is 36.5 Å². The molecule has 0 aliphatic carbocycles. The number of benzene rings is 7. The molecule has 0 aliphatic rings. The van der Waals surface area contributed by atoms with Crippen LogP contribution in [-0.2, 0) is 21.1 Å². The number of hydrogen-bond donors (Lipinski definition) is 0. The predicted octanol–water partition coefficient (Wildman–Crippen LogP) is 11.6. The summed E-state index contributed by atoms with van der Waals surface area (Å²) in [5, 5.41) is 4.57. The van der Waals surface area contributed by atoms with Crippen molar-refractivity contribution < 1.29 is 21.1 Å². The summed E-state index contributed by atoms with van der Waals surface area (Å²) in [4.78, 5) is 15.4. The Kier molecular flexibility index (Phi) is 7.64. The molecule has 54 heavy (non-hydrogen) atoms. The van der Waals surface area contributed by atoms with E-state index < -0.39 is 0 Å². The zero-order valence-electron chi connectivity index (χ0n) is 28.8. The van der Waals surface area contributed by atoms with E-state index in [0.29, 0.717) is 0 Å². The van der Waals surface area contributed by atoms with Crippen LogP contribution in [0.3, 0.4) is 0 Å². The first-order valence-electron chi connectivity index (χ1n) is 17.8. The van der Waals surface area contributed by atoms with Crippen LogP contribution in [0.2, 0.25) is 0 Å². The van der Waals surface area contributed by atoms with Crippen molar-refractivity contribution in [3.63, 3.8) is 0 Å². The van der Waals surface area contributed by atoms with E-state index in [1.165, 1.54) is 16.5 Å². The van der Waals surface area contributed by atoms with E-state index in [9.17, 15) is 0 Å². The van der Waals surface area contributed by atoms with Crippen LogP contribution in [0.25, 0.3) is 99.8 Å².